The lowest BCUT2D eigenvalue weighted by Gasteiger charge is -2.08. The van der Waals surface area contributed by atoms with Gasteiger partial charge in [0.2, 0.25) is 0 Å². The molecule has 20 heavy (non-hydrogen) atoms. The van der Waals surface area contributed by atoms with Crippen molar-refractivity contribution in [3.63, 3.8) is 0 Å². The molecular weight excluding hydrogens is 270 g/mol. The van der Waals surface area contributed by atoms with Gasteiger partial charge in [-0.05, 0) is 35.1 Å². The van der Waals surface area contributed by atoms with Crippen molar-refractivity contribution in [1.29, 1.82) is 0 Å². The fourth-order valence-electron chi connectivity index (χ4n) is 1.83. The molecule has 0 bridgehead atoms. The van der Waals surface area contributed by atoms with E-state index in [4.69, 9.17) is 9.52 Å². The van der Waals surface area contributed by atoms with Crippen molar-refractivity contribution >= 4 is 17.4 Å². The number of anilines is 1. The van der Waals surface area contributed by atoms with E-state index in [9.17, 15) is 0 Å². The molecule has 2 rings (SSSR count). The monoisotopic (exact) mass is 291 g/mol. The molecule has 2 N–H and O–H groups in total. The van der Waals surface area contributed by atoms with Gasteiger partial charge in [0, 0.05) is 11.4 Å². The van der Waals surface area contributed by atoms with Crippen molar-refractivity contribution in [3.8, 4) is 0 Å². The van der Waals surface area contributed by atoms with Crippen LogP contribution in [0, 0.1) is 0 Å². The van der Waals surface area contributed by atoms with Crippen molar-refractivity contribution < 1.29 is 9.52 Å². The van der Waals surface area contributed by atoms with Crippen molar-refractivity contribution in [2.24, 2.45) is 0 Å². The molecular formula is C16H21NO2S. The zero-order chi connectivity index (χ0) is 14.4. The van der Waals surface area contributed by atoms with Crippen LogP contribution in [0.2, 0.25) is 0 Å². The summed E-state index contributed by atoms with van der Waals surface area (Å²) >= 11 is 1.94. The van der Waals surface area contributed by atoms with Crippen LogP contribution in [-0.2, 0) is 18.9 Å². The van der Waals surface area contributed by atoms with Gasteiger partial charge in [-0.25, -0.2) is 0 Å². The SMILES string of the molecule is CC(C)SCc1cccc(NCc2ccc(CO)o2)c1. The van der Waals surface area contributed by atoms with Crippen molar-refractivity contribution in [3.05, 3.63) is 53.5 Å². The second kappa shape index (κ2) is 7.41. The fraction of sp³-hybridized carbons (Fsp3) is 0.375. The van der Waals surface area contributed by atoms with Crippen LogP contribution in [0.3, 0.4) is 0 Å². The highest BCUT2D eigenvalue weighted by Crippen LogP contribution is 2.20. The minimum absolute atomic E-state index is 0.0537. The minimum atomic E-state index is -0.0537. The summed E-state index contributed by atoms with van der Waals surface area (Å²) < 4.78 is 5.45. The molecule has 4 heteroatoms. The summed E-state index contributed by atoms with van der Waals surface area (Å²) in [6.07, 6.45) is 0. The van der Waals surface area contributed by atoms with E-state index in [1.807, 2.05) is 17.8 Å². The van der Waals surface area contributed by atoms with E-state index in [2.05, 4.69) is 43.4 Å². The van der Waals surface area contributed by atoms with Gasteiger partial charge in [0.15, 0.2) is 0 Å². The lowest BCUT2D eigenvalue weighted by Crippen LogP contribution is -1.98. The molecule has 0 aliphatic heterocycles. The van der Waals surface area contributed by atoms with Crippen molar-refractivity contribution in [1.82, 2.24) is 0 Å². The Hall–Kier alpha value is -1.39. The third-order valence-electron chi connectivity index (χ3n) is 2.85. The first-order valence-corrected chi connectivity index (χ1v) is 7.85. The third kappa shape index (κ3) is 4.62. The van der Waals surface area contributed by atoms with Crippen LogP contribution >= 0.6 is 11.8 Å². The van der Waals surface area contributed by atoms with Crippen LogP contribution in [0.25, 0.3) is 0 Å². The Kier molecular flexibility index (Phi) is 5.56. The van der Waals surface area contributed by atoms with E-state index in [0.717, 1.165) is 17.2 Å². The smallest absolute Gasteiger partial charge is 0.129 e. The number of furan rings is 1. The number of aliphatic hydroxyl groups is 1. The number of rotatable bonds is 7. The molecule has 1 aromatic carbocycles. The number of nitrogens with one attached hydrogen (secondary N) is 1. The molecule has 2 aromatic rings. The number of hydrogen-bond donors (Lipinski definition) is 2. The quantitative estimate of drug-likeness (QED) is 0.808. The number of thioether (sulfide) groups is 1. The van der Waals surface area contributed by atoms with E-state index in [1.54, 1.807) is 6.07 Å². The normalized spacial score (nSPS) is 11.0. The highest BCUT2D eigenvalue weighted by Gasteiger charge is 2.02. The van der Waals surface area contributed by atoms with Crippen LogP contribution in [0.15, 0.2) is 40.8 Å². The summed E-state index contributed by atoms with van der Waals surface area (Å²) in [6.45, 7) is 4.99. The van der Waals surface area contributed by atoms with Crippen molar-refractivity contribution in [2.45, 2.75) is 38.0 Å². The van der Waals surface area contributed by atoms with Crippen LogP contribution in [0.4, 0.5) is 5.69 Å². The fourth-order valence-corrected chi connectivity index (χ4v) is 2.53. The molecule has 0 fully saturated rings. The maximum Gasteiger partial charge on any atom is 0.129 e. The van der Waals surface area contributed by atoms with E-state index in [-0.39, 0.29) is 6.61 Å². The maximum atomic E-state index is 8.96. The van der Waals surface area contributed by atoms with E-state index in [0.29, 0.717) is 17.6 Å². The highest BCUT2D eigenvalue weighted by molar-refractivity contribution is 7.99. The van der Waals surface area contributed by atoms with Crippen molar-refractivity contribution in [2.75, 3.05) is 5.32 Å². The van der Waals surface area contributed by atoms with Gasteiger partial charge in [-0.1, -0.05) is 26.0 Å². The van der Waals surface area contributed by atoms with Crippen LogP contribution in [-0.4, -0.2) is 10.4 Å². The van der Waals surface area contributed by atoms with Gasteiger partial charge in [-0.2, -0.15) is 11.8 Å². The van der Waals surface area contributed by atoms with Crippen LogP contribution in [0.5, 0.6) is 0 Å². The summed E-state index contributed by atoms with van der Waals surface area (Å²) in [6, 6.07) is 12.1. The van der Waals surface area contributed by atoms with Gasteiger partial charge in [-0.15, -0.1) is 0 Å². The Bertz CT molecular complexity index is 537. The zero-order valence-electron chi connectivity index (χ0n) is 11.9. The van der Waals surface area contributed by atoms with Gasteiger partial charge in [0.05, 0.1) is 6.54 Å². The summed E-state index contributed by atoms with van der Waals surface area (Å²) in [5.41, 5.74) is 2.41. The molecule has 0 saturated heterocycles. The minimum Gasteiger partial charge on any atom is -0.462 e. The Morgan fingerprint density at radius 3 is 2.70 bits per heavy atom. The second-order valence-corrected chi connectivity index (χ2v) is 6.50. The molecule has 0 amide bonds. The first kappa shape index (κ1) is 15.0. The summed E-state index contributed by atoms with van der Waals surface area (Å²) in [5.74, 6) is 2.46. The van der Waals surface area contributed by atoms with Gasteiger partial charge in [-0.3, -0.25) is 0 Å². The molecule has 0 aliphatic rings. The van der Waals surface area contributed by atoms with Gasteiger partial charge >= 0.3 is 0 Å². The van der Waals surface area contributed by atoms with Gasteiger partial charge in [0.25, 0.3) is 0 Å². The average Bonchev–Trinajstić information content (AvgIpc) is 2.91. The summed E-state index contributed by atoms with van der Waals surface area (Å²) in [7, 11) is 0. The summed E-state index contributed by atoms with van der Waals surface area (Å²) in [5, 5.41) is 12.9. The second-order valence-electron chi connectivity index (χ2n) is 4.94. The lowest BCUT2D eigenvalue weighted by atomic mass is 10.2. The molecule has 0 saturated carbocycles. The Morgan fingerprint density at radius 1 is 1.20 bits per heavy atom. The number of hydrogen-bond acceptors (Lipinski definition) is 4. The largest absolute Gasteiger partial charge is 0.462 e. The maximum absolute atomic E-state index is 8.96. The summed E-state index contributed by atoms with van der Waals surface area (Å²) in [4.78, 5) is 0. The topological polar surface area (TPSA) is 45.4 Å². The Balaban J connectivity index is 1.90. The molecule has 1 aromatic heterocycles. The molecule has 108 valence electrons. The van der Waals surface area contributed by atoms with E-state index in [1.165, 1.54) is 5.56 Å². The van der Waals surface area contributed by atoms with Crippen LogP contribution < -0.4 is 5.32 Å². The zero-order valence-corrected chi connectivity index (χ0v) is 12.7. The predicted molar refractivity (Wildman–Crippen MR) is 84.8 cm³/mol. The molecule has 0 unspecified atom stereocenters. The van der Waals surface area contributed by atoms with E-state index < -0.39 is 0 Å². The first-order valence-electron chi connectivity index (χ1n) is 6.80. The molecule has 0 radical (unpaired) electrons. The first-order chi connectivity index (χ1) is 9.67. The van der Waals surface area contributed by atoms with E-state index >= 15 is 0 Å². The van der Waals surface area contributed by atoms with Gasteiger partial charge in [0.1, 0.15) is 18.1 Å². The average molecular weight is 291 g/mol. The standard InChI is InChI=1S/C16H21NO2S/c1-12(2)20-11-13-4-3-5-14(8-13)17-9-15-6-7-16(10-18)19-15/h3-8,12,17-18H,9-11H2,1-2H3. The van der Waals surface area contributed by atoms with Crippen LogP contribution in [0.1, 0.15) is 30.9 Å². The predicted octanol–water partition coefficient (Wildman–Crippen LogP) is 4.03. The molecule has 0 atom stereocenters. The molecule has 1 heterocycles. The number of benzene rings is 1. The molecule has 3 nitrogen and oxygen atoms in total. The lowest BCUT2D eigenvalue weighted by molar-refractivity contribution is 0.244. The Labute approximate surface area is 124 Å². The third-order valence-corrected chi connectivity index (χ3v) is 4.02. The number of aliphatic hydroxyl groups excluding tert-OH is 1. The van der Waals surface area contributed by atoms with Gasteiger partial charge < -0.3 is 14.8 Å². The molecule has 0 aliphatic carbocycles. The Morgan fingerprint density at radius 2 is 2.00 bits per heavy atom. The highest BCUT2D eigenvalue weighted by atomic mass is 32.2. The molecule has 0 spiro atoms.